The Hall–Kier alpha value is -0.150. The highest BCUT2D eigenvalue weighted by Crippen LogP contribution is 2.21. The first-order valence-electron chi connectivity index (χ1n) is 4.59. The van der Waals surface area contributed by atoms with E-state index < -0.39 is 0 Å². The minimum absolute atomic E-state index is 0.594. The van der Waals surface area contributed by atoms with Gasteiger partial charge in [0.15, 0.2) is 0 Å². The minimum Gasteiger partial charge on any atom is -0.379 e. The van der Waals surface area contributed by atoms with E-state index in [-0.39, 0.29) is 0 Å². The third-order valence-electron chi connectivity index (χ3n) is 1.68. The van der Waals surface area contributed by atoms with Crippen LogP contribution in [0.25, 0.3) is 0 Å². The van der Waals surface area contributed by atoms with Gasteiger partial charge in [0.1, 0.15) is 0 Å². The van der Waals surface area contributed by atoms with Gasteiger partial charge >= 0.3 is 0 Å². The molecule has 12 heavy (non-hydrogen) atoms. The number of thioether (sulfide) groups is 1. The lowest BCUT2D eigenvalue weighted by Gasteiger charge is -2.09. The standard InChI is InChI=1S/C9H18N2S/c1-8(2)10-5-6-11-9-4-3-7-12-9/h4,8,10-11H,3,5-7H2,1-2H3. The van der Waals surface area contributed by atoms with Crippen LogP contribution in [0.5, 0.6) is 0 Å². The quantitative estimate of drug-likeness (QED) is 0.637. The van der Waals surface area contributed by atoms with Crippen molar-refractivity contribution in [1.82, 2.24) is 10.6 Å². The average molecular weight is 186 g/mol. The zero-order valence-corrected chi connectivity index (χ0v) is 8.71. The molecule has 2 nitrogen and oxygen atoms in total. The molecule has 0 unspecified atom stereocenters. The fourth-order valence-electron chi connectivity index (χ4n) is 1.09. The molecule has 0 atom stereocenters. The molecule has 1 heterocycles. The van der Waals surface area contributed by atoms with E-state index in [2.05, 4.69) is 30.6 Å². The van der Waals surface area contributed by atoms with Crippen LogP contribution in [0.3, 0.4) is 0 Å². The summed E-state index contributed by atoms with van der Waals surface area (Å²) in [4.78, 5) is 0. The fraction of sp³-hybridized carbons (Fsp3) is 0.778. The molecule has 1 aliphatic heterocycles. The summed E-state index contributed by atoms with van der Waals surface area (Å²) < 4.78 is 0. The van der Waals surface area contributed by atoms with Crippen LogP contribution < -0.4 is 10.6 Å². The molecule has 0 bridgehead atoms. The molecule has 0 saturated heterocycles. The molecule has 0 spiro atoms. The Bertz CT molecular complexity index is 155. The molecular formula is C9H18N2S. The lowest BCUT2D eigenvalue weighted by atomic mass is 10.4. The second kappa shape index (κ2) is 5.49. The van der Waals surface area contributed by atoms with Gasteiger partial charge in [0, 0.05) is 24.9 Å². The summed E-state index contributed by atoms with van der Waals surface area (Å²) in [6.07, 6.45) is 3.50. The van der Waals surface area contributed by atoms with Gasteiger partial charge in [-0.1, -0.05) is 19.9 Å². The molecule has 0 aliphatic carbocycles. The summed E-state index contributed by atoms with van der Waals surface area (Å²) in [7, 11) is 0. The maximum Gasteiger partial charge on any atom is 0.0641 e. The zero-order chi connectivity index (χ0) is 8.81. The maximum atomic E-state index is 3.40. The maximum absolute atomic E-state index is 3.40. The van der Waals surface area contributed by atoms with Crippen molar-refractivity contribution >= 4 is 11.8 Å². The van der Waals surface area contributed by atoms with Crippen LogP contribution in [-0.4, -0.2) is 24.9 Å². The van der Waals surface area contributed by atoms with Crippen molar-refractivity contribution < 1.29 is 0 Å². The van der Waals surface area contributed by atoms with Crippen LogP contribution in [-0.2, 0) is 0 Å². The van der Waals surface area contributed by atoms with Gasteiger partial charge in [-0.25, -0.2) is 0 Å². The Kier molecular flexibility index (Phi) is 4.54. The fourth-order valence-corrected chi connectivity index (χ4v) is 1.98. The van der Waals surface area contributed by atoms with Crippen LogP contribution in [0.4, 0.5) is 0 Å². The highest BCUT2D eigenvalue weighted by molar-refractivity contribution is 8.03. The molecule has 3 heteroatoms. The number of nitrogens with one attached hydrogen (secondary N) is 2. The van der Waals surface area contributed by atoms with Crippen molar-refractivity contribution in [3.05, 3.63) is 11.1 Å². The first-order chi connectivity index (χ1) is 5.79. The van der Waals surface area contributed by atoms with E-state index in [1.165, 1.54) is 17.2 Å². The van der Waals surface area contributed by atoms with Crippen molar-refractivity contribution in [2.45, 2.75) is 26.3 Å². The Morgan fingerprint density at radius 1 is 1.50 bits per heavy atom. The number of rotatable bonds is 5. The molecule has 70 valence electrons. The Morgan fingerprint density at radius 3 is 2.92 bits per heavy atom. The second-order valence-corrected chi connectivity index (χ2v) is 4.38. The number of hydrogen-bond donors (Lipinski definition) is 2. The SMILES string of the molecule is CC(C)NCCNC1=CCCS1. The van der Waals surface area contributed by atoms with Crippen LogP contribution in [0.15, 0.2) is 11.1 Å². The summed E-state index contributed by atoms with van der Waals surface area (Å²) in [5.74, 6) is 1.25. The van der Waals surface area contributed by atoms with E-state index in [0.717, 1.165) is 13.1 Å². The van der Waals surface area contributed by atoms with Gasteiger partial charge in [-0.05, 0) is 6.42 Å². The molecule has 0 aromatic heterocycles. The van der Waals surface area contributed by atoms with E-state index in [1.54, 1.807) is 0 Å². The van der Waals surface area contributed by atoms with Gasteiger partial charge in [0.25, 0.3) is 0 Å². The number of allylic oxidation sites excluding steroid dienone is 1. The highest BCUT2D eigenvalue weighted by Gasteiger charge is 2.02. The monoisotopic (exact) mass is 186 g/mol. The molecule has 0 aromatic carbocycles. The topological polar surface area (TPSA) is 24.1 Å². The summed E-state index contributed by atoms with van der Waals surface area (Å²) in [6, 6.07) is 0.594. The summed E-state index contributed by atoms with van der Waals surface area (Å²) in [5.41, 5.74) is 0. The molecule has 0 aromatic rings. The van der Waals surface area contributed by atoms with E-state index in [4.69, 9.17) is 0 Å². The average Bonchev–Trinajstić information content (AvgIpc) is 2.49. The smallest absolute Gasteiger partial charge is 0.0641 e. The van der Waals surface area contributed by atoms with Crippen LogP contribution in [0.1, 0.15) is 20.3 Å². The van der Waals surface area contributed by atoms with E-state index >= 15 is 0 Å². The third kappa shape index (κ3) is 4.02. The molecule has 0 saturated carbocycles. The van der Waals surface area contributed by atoms with Gasteiger partial charge in [0.2, 0.25) is 0 Å². The first kappa shape index (κ1) is 9.93. The Balaban J connectivity index is 1.95. The Morgan fingerprint density at radius 2 is 2.33 bits per heavy atom. The van der Waals surface area contributed by atoms with Crippen molar-refractivity contribution in [1.29, 1.82) is 0 Å². The van der Waals surface area contributed by atoms with Gasteiger partial charge in [-0.2, -0.15) is 0 Å². The van der Waals surface area contributed by atoms with Crippen LogP contribution in [0, 0.1) is 0 Å². The second-order valence-electron chi connectivity index (χ2n) is 3.24. The minimum atomic E-state index is 0.594. The summed E-state index contributed by atoms with van der Waals surface area (Å²) in [5, 5.41) is 8.13. The normalized spacial score (nSPS) is 16.8. The van der Waals surface area contributed by atoms with Gasteiger partial charge < -0.3 is 10.6 Å². The molecule has 1 rings (SSSR count). The van der Waals surface area contributed by atoms with Gasteiger partial charge in [-0.15, -0.1) is 11.8 Å². The molecule has 0 fully saturated rings. The highest BCUT2D eigenvalue weighted by atomic mass is 32.2. The predicted octanol–water partition coefficient (Wildman–Crippen LogP) is 1.55. The van der Waals surface area contributed by atoms with Crippen molar-refractivity contribution in [3.8, 4) is 0 Å². The van der Waals surface area contributed by atoms with E-state index in [1.807, 2.05) is 11.8 Å². The molecule has 1 aliphatic rings. The van der Waals surface area contributed by atoms with Crippen molar-refractivity contribution in [2.24, 2.45) is 0 Å². The Labute approximate surface area is 79.2 Å². The van der Waals surface area contributed by atoms with Gasteiger partial charge in [0.05, 0.1) is 5.03 Å². The zero-order valence-electron chi connectivity index (χ0n) is 7.89. The lowest BCUT2D eigenvalue weighted by molar-refractivity contribution is 0.579. The largest absolute Gasteiger partial charge is 0.379 e. The predicted molar refractivity (Wildman–Crippen MR) is 56.3 cm³/mol. The molecule has 0 amide bonds. The summed E-state index contributed by atoms with van der Waals surface area (Å²) in [6.45, 7) is 6.43. The molecular weight excluding hydrogens is 168 g/mol. The van der Waals surface area contributed by atoms with Gasteiger partial charge in [-0.3, -0.25) is 0 Å². The number of hydrogen-bond acceptors (Lipinski definition) is 3. The van der Waals surface area contributed by atoms with Crippen molar-refractivity contribution in [3.63, 3.8) is 0 Å². The first-order valence-corrected chi connectivity index (χ1v) is 5.58. The lowest BCUT2D eigenvalue weighted by Crippen LogP contribution is -2.30. The summed E-state index contributed by atoms with van der Waals surface area (Å²) >= 11 is 1.92. The van der Waals surface area contributed by atoms with E-state index in [0.29, 0.717) is 6.04 Å². The third-order valence-corrected chi connectivity index (χ3v) is 2.74. The van der Waals surface area contributed by atoms with Crippen LogP contribution in [0.2, 0.25) is 0 Å². The molecule has 2 N–H and O–H groups in total. The molecule has 0 radical (unpaired) electrons. The van der Waals surface area contributed by atoms with Crippen molar-refractivity contribution in [2.75, 3.05) is 18.8 Å². The van der Waals surface area contributed by atoms with Crippen LogP contribution >= 0.6 is 11.8 Å². The van der Waals surface area contributed by atoms with E-state index in [9.17, 15) is 0 Å².